The van der Waals surface area contributed by atoms with Gasteiger partial charge in [0.25, 0.3) is 5.56 Å². The van der Waals surface area contributed by atoms with E-state index in [4.69, 9.17) is 0 Å². The van der Waals surface area contributed by atoms with Crippen molar-refractivity contribution < 1.29 is 4.79 Å². The molecule has 0 unspecified atom stereocenters. The van der Waals surface area contributed by atoms with Gasteiger partial charge in [-0.15, -0.1) is 0 Å². The molecular weight excluding hydrogens is 342 g/mol. The van der Waals surface area contributed by atoms with Crippen LogP contribution < -0.4 is 16.2 Å². The lowest BCUT2D eigenvalue weighted by atomic mass is 9.91. The molecule has 0 spiro atoms. The van der Waals surface area contributed by atoms with Gasteiger partial charge in [0.05, 0.1) is 6.54 Å². The smallest absolute Gasteiger partial charge is 0.252 e. The molecular formula is C20H27N5O2. The normalized spacial score (nSPS) is 17.4. The van der Waals surface area contributed by atoms with E-state index in [1.807, 2.05) is 6.07 Å². The Kier molecular flexibility index (Phi) is 6.59. The number of aryl methyl sites for hydroxylation is 1. The van der Waals surface area contributed by atoms with E-state index in [0.717, 1.165) is 19.5 Å². The van der Waals surface area contributed by atoms with Crippen molar-refractivity contribution >= 4 is 11.9 Å². The van der Waals surface area contributed by atoms with Gasteiger partial charge in [0.1, 0.15) is 0 Å². The van der Waals surface area contributed by atoms with Crippen molar-refractivity contribution in [2.75, 3.05) is 38.0 Å². The van der Waals surface area contributed by atoms with Crippen LogP contribution in [-0.2, 0) is 4.79 Å². The van der Waals surface area contributed by atoms with Gasteiger partial charge in [-0.25, -0.2) is 4.98 Å². The van der Waals surface area contributed by atoms with Gasteiger partial charge < -0.3 is 10.6 Å². The number of rotatable bonds is 7. The van der Waals surface area contributed by atoms with E-state index in [9.17, 15) is 9.59 Å². The molecule has 2 aromatic rings. The molecule has 1 aromatic carbocycles. The van der Waals surface area contributed by atoms with E-state index in [-0.39, 0.29) is 11.5 Å². The largest absolute Gasteiger partial charge is 0.354 e. The van der Waals surface area contributed by atoms with Crippen LogP contribution >= 0.6 is 0 Å². The highest BCUT2D eigenvalue weighted by molar-refractivity contribution is 5.78. The summed E-state index contributed by atoms with van der Waals surface area (Å²) in [6.45, 7) is 5.05. The van der Waals surface area contributed by atoms with Crippen molar-refractivity contribution in [2.45, 2.75) is 25.7 Å². The summed E-state index contributed by atoms with van der Waals surface area (Å²) in [7, 11) is 0. The highest BCUT2D eigenvalue weighted by atomic mass is 16.2. The molecule has 0 radical (unpaired) electrons. The van der Waals surface area contributed by atoms with Gasteiger partial charge in [-0.05, 0) is 37.8 Å². The molecule has 27 heavy (non-hydrogen) atoms. The van der Waals surface area contributed by atoms with Gasteiger partial charge in [-0.1, -0.05) is 30.3 Å². The number of nitrogens with zero attached hydrogens (tertiary/aromatic N) is 2. The third-order valence-electron chi connectivity index (χ3n) is 4.75. The van der Waals surface area contributed by atoms with Gasteiger partial charge in [0.2, 0.25) is 11.9 Å². The number of carbonyl (C=O) groups is 1. The molecule has 144 valence electrons. The predicted molar refractivity (Wildman–Crippen MR) is 106 cm³/mol. The second-order valence-corrected chi connectivity index (χ2v) is 7.00. The molecule has 7 heteroatoms. The molecule has 0 aliphatic carbocycles. The average Bonchev–Trinajstić information content (AvgIpc) is 2.65. The number of benzene rings is 1. The summed E-state index contributed by atoms with van der Waals surface area (Å²) in [6.07, 6.45) is 2.29. The molecule has 1 saturated heterocycles. The van der Waals surface area contributed by atoms with Crippen LogP contribution in [0.1, 0.15) is 30.0 Å². The van der Waals surface area contributed by atoms with Gasteiger partial charge >= 0.3 is 0 Å². The SMILES string of the molecule is Cc1cc(=O)[nH]c(NCCNC(=O)CN2CCC[C@H](c3ccccc3)C2)n1. The Hall–Kier alpha value is -2.67. The number of aromatic nitrogens is 2. The number of carbonyl (C=O) groups excluding carboxylic acids is 1. The number of aromatic amines is 1. The van der Waals surface area contributed by atoms with E-state index in [1.54, 1.807) is 6.92 Å². The Morgan fingerprint density at radius 1 is 1.30 bits per heavy atom. The maximum atomic E-state index is 12.2. The minimum atomic E-state index is -0.188. The summed E-state index contributed by atoms with van der Waals surface area (Å²) in [5, 5.41) is 5.94. The van der Waals surface area contributed by atoms with Crippen LogP contribution in [0.4, 0.5) is 5.95 Å². The van der Waals surface area contributed by atoms with Crippen molar-refractivity contribution in [3.05, 3.63) is 58.0 Å². The second-order valence-electron chi connectivity index (χ2n) is 7.00. The highest BCUT2D eigenvalue weighted by Gasteiger charge is 2.22. The summed E-state index contributed by atoms with van der Waals surface area (Å²) in [6, 6.07) is 12.0. The quantitative estimate of drug-likeness (QED) is 0.644. The number of H-pyrrole nitrogens is 1. The molecule has 3 rings (SSSR count). The second kappa shape index (κ2) is 9.32. The van der Waals surface area contributed by atoms with Crippen LogP contribution in [0.3, 0.4) is 0 Å². The zero-order valence-electron chi connectivity index (χ0n) is 15.7. The maximum Gasteiger partial charge on any atom is 0.252 e. The van der Waals surface area contributed by atoms with Crippen LogP contribution in [0, 0.1) is 6.92 Å². The average molecular weight is 369 g/mol. The van der Waals surface area contributed by atoms with Crippen LogP contribution in [-0.4, -0.2) is 53.5 Å². The van der Waals surface area contributed by atoms with E-state index < -0.39 is 0 Å². The number of hydrogen-bond donors (Lipinski definition) is 3. The molecule has 0 saturated carbocycles. The lowest BCUT2D eigenvalue weighted by molar-refractivity contribution is -0.122. The van der Waals surface area contributed by atoms with Crippen LogP contribution in [0.15, 0.2) is 41.2 Å². The Morgan fingerprint density at radius 3 is 2.89 bits per heavy atom. The first kappa shape index (κ1) is 19.1. The van der Waals surface area contributed by atoms with E-state index in [2.05, 4.69) is 49.8 Å². The first-order chi connectivity index (χ1) is 13.1. The summed E-state index contributed by atoms with van der Waals surface area (Å²) in [5.74, 6) is 0.950. The molecule has 1 aliphatic heterocycles. The predicted octanol–water partition coefficient (Wildman–Crippen LogP) is 1.49. The van der Waals surface area contributed by atoms with Crippen molar-refractivity contribution in [1.82, 2.24) is 20.2 Å². The Balaban J connectivity index is 1.39. The monoisotopic (exact) mass is 369 g/mol. The van der Waals surface area contributed by atoms with Crippen molar-refractivity contribution in [2.24, 2.45) is 0 Å². The van der Waals surface area contributed by atoms with E-state index in [0.29, 0.717) is 37.2 Å². The van der Waals surface area contributed by atoms with Crippen LogP contribution in [0.25, 0.3) is 0 Å². The maximum absolute atomic E-state index is 12.2. The number of likely N-dealkylation sites (tertiary alicyclic amines) is 1. The minimum absolute atomic E-state index is 0.0243. The van der Waals surface area contributed by atoms with E-state index in [1.165, 1.54) is 18.1 Å². The molecule has 1 amide bonds. The fourth-order valence-electron chi connectivity index (χ4n) is 3.50. The summed E-state index contributed by atoms with van der Waals surface area (Å²) < 4.78 is 0. The van der Waals surface area contributed by atoms with Gasteiger partial charge in [0, 0.05) is 31.4 Å². The van der Waals surface area contributed by atoms with Crippen molar-refractivity contribution in [3.63, 3.8) is 0 Å². The molecule has 1 atom stereocenters. The fraction of sp³-hybridized carbons (Fsp3) is 0.450. The minimum Gasteiger partial charge on any atom is -0.354 e. The molecule has 2 heterocycles. The number of piperidine rings is 1. The van der Waals surface area contributed by atoms with Crippen molar-refractivity contribution in [1.29, 1.82) is 0 Å². The zero-order chi connectivity index (χ0) is 19.1. The van der Waals surface area contributed by atoms with Gasteiger partial charge in [-0.3, -0.25) is 19.5 Å². The van der Waals surface area contributed by atoms with Crippen LogP contribution in [0.5, 0.6) is 0 Å². The summed E-state index contributed by atoms with van der Waals surface area (Å²) in [4.78, 5) is 32.7. The zero-order valence-corrected chi connectivity index (χ0v) is 15.7. The first-order valence-electron chi connectivity index (χ1n) is 9.46. The molecule has 1 aromatic heterocycles. The van der Waals surface area contributed by atoms with Crippen molar-refractivity contribution in [3.8, 4) is 0 Å². The topological polar surface area (TPSA) is 90.1 Å². The molecule has 7 nitrogen and oxygen atoms in total. The standard InChI is InChI=1S/C20H27N5O2/c1-15-12-18(26)24-20(23-15)22-10-9-21-19(27)14-25-11-5-8-17(13-25)16-6-3-2-4-7-16/h2-4,6-7,12,17H,5,8-11,13-14H2,1H3,(H,21,27)(H2,22,23,24,26)/t17-/m0/s1. The lowest BCUT2D eigenvalue weighted by Gasteiger charge is -2.32. The first-order valence-corrected chi connectivity index (χ1v) is 9.46. The lowest BCUT2D eigenvalue weighted by Crippen LogP contribution is -2.43. The molecule has 0 bridgehead atoms. The number of nitrogens with one attached hydrogen (secondary N) is 3. The van der Waals surface area contributed by atoms with Gasteiger partial charge in [-0.2, -0.15) is 0 Å². The number of hydrogen-bond acceptors (Lipinski definition) is 5. The Bertz CT molecular complexity index is 806. The highest BCUT2D eigenvalue weighted by Crippen LogP contribution is 2.26. The number of anilines is 1. The number of amides is 1. The Morgan fingerprint density at radius 2 is 2.11 bits per heavy atom. The van der Waals surface area contributed by atoms with Gasteiger partial charge in [0.15, 0.2) is 0 Å². The molecule has 3 N–H and O–H groups in total. The van der Waals surface area contributed by atoms with Crippen LogP contribution in [0.2, 0.25) is 0 Å². The molecule has 1 aliphatic rings. The summed E-state index contributed by atoms with van der Waals surface area (Å²) >= 11 is 0. The third kappa shape index (κ3) is 5.92. The third-order valence-corrected chi connectivity index (χ3v) is 4.75. The molecule has 1 fully saturated rings. The van der Waals surface area contributed by atoms with E-state index >= 15 is 0 Å². The fourth-order valence-corrected chi connectivity index (χ4v) is 3.50. The Labute approximate surface area is 159 Å². The summed E-state index contributed by atoms with van der Waals surface area (Å²) in [5.41, 5.74) is 1.82.